The molecule has 2 aromatic carbocycles. The fraction of sp³-hybridized carbons (Fsp3) is 0.360. The number of carbonyl (C=O) groups excluding carboxylic acids is 4. The summed E-state index contributed by atoms with van der Waals surface area (Å²) in [7, 11) is 1.36. The number of carbonyl (C=O) groups is 4. The zero-order valence-electron chi connectivity index (χ0n) is 19.6. The average Bonchev–Trinajstić information content (AvgIpc) is 2.85. The Balaban J connectivity index is 1.89. The van der Waals surface area contributed by atoms with Crippen molar-refractivity contribution in [2.45, 2.75) is 44.4 Å². The average molecular weight is 485 g/mol. The van der Waals surface area contributed by atoms with E-state index in [1.807, 2.05) is 0 Å². The van der Waals surface area contributed by atoms with E-state index in [1.54, 1.807) is 60.7 Å². The van der Waals surface area contributed by atoms with Crippen LogP contribution in [0.15, 0.2) is 60.7 Å². The smallest absolute Gasteiger partial charge is 0.338 e. The Hall–Kier alpha value is -3.76. The summed E-state index contributed by atoms with van der Waals surface area (Å²) in [5.41, 5.74) is 0.619. The standard InChI is InChI=1S/C25H28N2O8/c1-15(28)26-20-19(14-33-23(30)17-10-6-4-7-11-17)34-25(32-3)21(27-16(2)29)22(20)35-24(31)18-12-8-5-9-13-18/h4-13,19-22,25H,14H2,1-3H3,(H,26,28)(H,27,29)/t19-,20+,21+,22-,25+/m1/s1. The van der Waals surface area contributed by atoms with E-state index < -0.39 is 54.3 Å². The van der Waals surface area contributed by atoms with Crippen molar-refractivity contribution < 1.29 is 38.1 Å². The number of rotatable bonds is 8. The number of methoxy groups -OCH3 is 1. The van der Waals surface area contributed by atoms with E-state index in [0.717, 1.165) is 0 Å². The highest BCUT2D eigenvalue weighted by molar-refractivity contribution is 5.90. The van der Waals surface area contributed by atoms with Crippen LogP contribution in [0.3, 0.4) is 0 Å². The van der Waals surface area contributed by atoms with Crippen molar-refractivity contribution in [3.05, 3.63) is 71.8 Å². The molecule has 10 nitrogen and oxygen atoms in total. The summed E-state index contributed by atoms with van der Waals surface area (Å²) in [4.78, 5) is 49.4. The highest BCUT2D eigenvalue weighted by Gasteiger charge is 2.50. The monoisotopic (exact) mass is 484 g/mol. The minimum atomic E-state index is -1.10. The molecule has 0 spiro atoms. The van der Waals surface area contributed by atoms with Crippen molar-refractivity contribution in [1.29, 1.82) is 0 Å². The molecule has 35 heavy (non-hydrogen) atoms. The fourth-order valence-electron chi connectivity index (χ4n) is 3.80. The van der Waals surface area contributed by atoms with Crippen LogP contribution < -0.4 is 10.6 Å². The molecule has 1 aliphatic rings. The Kier molecular flexibility index (Phi) is 8.93. The van der Waals surface area contributed by atoms with Crippen molar-refractivity contribution >= 4 is 23.8 Å². The molecule has 2 aromatic rings. The Bertz CT molecular complexity index is 1030. The molecule has 0 aromatic heterocycles. The lowest BCUT2D eigenvalue weighted by Gasteiger charge is -2.45. The number of amides is 2. The van der Waals surface area contributed by atoms with E-state index in [0.29, 0.717) is 5.56 Å². The first-order valence-electron chi connectivity index (χ1n) is 11.0. The fourth-order valence-corrected chi connectivity index (χ4v) is 3.80. The van der Waals surface area contributed by atoms with Crippen LogP contribution in [0.5, 0.6) is 0 Å². The van der Waals surface area contributed by atoms with Crippen LogP contribution in [0, 0.1) is 0 Å². The van der Waals surface area contributed by atoms with E-state index in [9.17, 15) is 19.2 Å². The Labute approximate surface area is 202 Å². The normalized spacial score (nSPS) is 23.6. The van der Waals surface area contributed by atoms with E-state index in [-0.39, 0.29) is 12.2 Å². The van der Waals surface area contributed by atoms with Gasteiger partial charge in [-0.25, -0.2) is 9.59 Å². The molecule has 2 N–H and O–H groups in total. The predicted octanol–water partition coefficient (Wildman–Crippen LogP) is 1.45. The number of hydrogen-bond donors (Lipinski definition) is 2. The molecule has 0 unspecified atom stereocenters. The van der Waals surface area contributed by atoms with Gasteiger partial charge >= 0.3 is 11.9 Å². The number of nitrogens with one attached hydrogen (secondary N) is 2. The predicted molar refractivity (Wildman–Crippen MR) is 123 cm³/mol. The number of benzene rings is 2. The molecular weight excluding hydrogens is 456 g/mol. The molecule has 0 aliphatic carbocycles. The van der Waals surface area contributed by atoms with Gasteiger partial charge in [0.25, 0.3) is 0 Å². The SMILES string of the molecule is CO[C@H]1O[C@H](COC(=O)c2ccccc2)[C@H](NC(C)=O)[C@@H](OC(=O)c2ccccc2)[C@@H]1NC(C)=O. The maximum atomic E-state index is 12.9. The van der Waals surface area contributed by atoms with Crippen molar-refractivity contribution in [2.75, 3.05) is 13.7 Å². The van der Waals surface area contributed by atoms with Gasteiger partial charge in [0.2, 0.25) is 11.8 Å². The zero-order valence-corrected chi connectivity index (χ0v) is 19.6. The first-order valence-corrected chi connectivity index (χ1v) is 11.0. The summed E-state index contributed by atoms with van der Waals surface area (Å²) in [5.74, 6) is -2.11. The van der Waals surface area contributed by atoms with Gasteiger partial charge in [-0.1, -0.05) is 36.4 Å². The van der Waals surface area contributed by atoms with Gasteiger partial charge in [-0.2, -0.15) is 0 Å². The van der Waals surface area contributed by atoms with Crippen LogP contribution in [-0.4, -0.2) is 68.1 Å². The highest BCUT2D eigenvalue weighted by atomic mass is 16.7. The van der Waals surface area contributed by atoms with Crippen molar-refractivity contribution in [1.82, 2.24) is 10.6 Å². The van der Waals surface area contributed by atoms with Gasteiger partial charge in [0.05, 0.1) is 17.2 Å². The zero-order chi connectivity index (χ0) is 25.4. The summed E-state index contributed by atoms with van der Waals surface area (Å²) in [6.45, 7) is 2.31. The Morgan fingerprint density at radius 2 is 1.31 bits per heavy atom. The lowest BCUT2D eigenvalue weighted by atomic mass is 9.93. The molecule has 2 amide bonds. The van der Waals surface area contributed by atoms with Gasteiger partial charge in [0.1, 0.15) is 24.9 Å². The van der Waals surface area contributed by atoms with Crippen LogP contribution in [0.4, 0.5) is 0 Å². The maximum absolute atomic E-state index is 12.9. The summed E-state index contributed by atoms with van der Waals surface area (Å²) in [5, 5.41) is 5.39. The lowest BCUT2D eigenvalue weighted by Crippen LogP contribution is -2.69. The van der Waals surface area contributed by atoms with Crippen LogP contribution in [-0.2, 0) is 28.5 Å². The second-order valence-electron chi connectivity index (χ2n) is 7.93. The summed E-state index contributed by atoms with van der Waals surface area (Å²) in [6, 6.07) is 14.7. The second kappa shape index (κ2) is 12.1. The van der Waals surface area contributed by atoms with Gasteiger partial charge in [0, 0.05) is 21.0 Å². The van der Waals surface area contributed by atoms with Crippen molar-refractivity contribution in [2.24, 2.45) is 0 Å². The molecule has 0 radical (unpaired) electrons. The first kappa shape index (κ1) is 25.9. The van der Waals surface area contributed by atoms with Gasteiger partial charge in [-0.15, -0.1) is 0 Å². The molecule has 0 saturated carbocycles. The van der Waals surface area contributed by atoms with E-state index in [1.165, 1.54) is 21.0 Å². The third-order valence-electron chi connectivity index (χ3n) is 5.32. The molecule has 1 aliphatic heterocycles. The lowest BCUT2D eigenvalue weighted by molar-refractivity contribution is -0.237. The van der Waals surface area contributed by atoms with Crippen LogP contribution in [0.2, 0.25) is 0 Å². The van der Waals surface area contributed by atoms with Gasteiger partial charge in [-0.3, -0.25) is 9.59 Å². The quantitative estimate of drug-likeness (QED) is 0.539. The third-order valence-corrected chi connectivity index (χ3v) is 5.32. The second-order valence-corrected chi connectivity index (χ2v) is 7.93. The van der Waals surface area contributed by atoms with Gasteiger partial charge in [0.15, 0.2) is 6.29 Å². The summed E-state index contributed by atoms with van der Waals surface area (Å²) >= 11 is 0. The molecule has 1 saturated heterocycles. The summed E-state index contributed by atoms with van der Waals surface area (Å²) < 4.78 is 22.6. The van der Waals surface area contributed by atoms with E-state index in [4.69, 9.17) is 18.9 Å². The number of ether oxygens (including phenoxy) is 4. The molecule has 3 rings (SSSR count). The molecule has 5 atom stereocenters. The minimum Gasteiger partial charge on any atom is -0.459 e. The number of hydrogen-bond acceptors (Lipinski definition) is 8. The van der Waals surface area contributed by atoms with Gasteiger partial charge in [-0.05, 0) is 24.3 Å². The molecule has 1 heterocycles. The molecular formula is C25H28N2O8. The Morgan fingerprint density at radius 3 is 1.83 bits per heavy atom. The van der Waals surface area contributed by atoms with Gasteiger partial charge < -0.3 is 29.6 Å². The van der Waals surface area contributed by atoms with Crippen molar-refractivity contribution in [3.63, 3.8) is 0 Å². The first-order chi connectivity index (χ1) is 16.8. The maximum Gasteiger partial charge on any atom is 0.338 e. The minimum absolute atomic E-state index is 0.273. The molecule has 10 heteroatoms. The van der Waals surface area contributed by atoms with Crippen LogP contribution in [0.25, 0.3) is 0 Å². The van der Waals surface area contributed by atoms with Crippen LogP contribution >= 0.6 is 0 Å². The van der Waals surface area contributed by atoms with E-state index >= 15 is 0 Å². The summed E-state index contributed by atoms with van der Waals surface area (Å²) in [6.07, 6.45) is -3.11. The molecule has 1 fully saturated rings. The highest BCUT2D eigenvalue weighted by Crippen LogP contribution is 2.26. The number of esters is 2. The molecule has 0 bridgehead atoms. The van der Waals surface area contributed by atoms with Crippen LogP contribution in [0.1, 0.15) is 34.6 Å². The largest absolute Gasteiger partial charge is 0.459 e. The van der Waals surface area contributed by atoms with E-state index in [2.05, 4.69) is 10.6 Å². The molecule has 186 valence electrons. The van der Waals surface area contributed by atoms with Crippen molar-refractivity contribution in [3.8, 4) is 0 Å². The Morgan fingerprint density at radius 1 is 0.800 bits per heavy atom. The third kappa shape index (κ3) is 6.87. The topological polar surface area (TPSA) is 129 Å².